The van der Waals surface area contributed by atoms with Gasteiger partial charge in [-0.25, -0.2) is 0 Å². The van der Waals surface area contributed by atoms with Crippen LogP contribution in [0.15, 0.2) is 0 Å². The predicted octanol–water partition coefficient (Wildman–Crippen LogP) is 1.43. The van der Waals surface area contributed by atoms with E-state index < -0.39 is 0 Å². The van der Waals surface area contributed by atoms with E-state index in [1.807, 2.05) is 0 Å². The number of rotatable bonds is 1. The van der Waals surface area contributed by atoms with E-state index in [0.717, 1.165) is 12.5 Å². The fourth-order valence-corrected chi connectivity index (χ4v) is 0.780. The van der Waals surface area contributed by atoms with E-state index in [1.165, 1.54) is 6.42 Å². The molecule has 7 heavy (non-hydrogen) atoms. The zero-order valence-corrected chi connectivity index (χ0v) is 4.98. The van der Waals surface area contributed by atoms with Gasteiger partial charge < -0.3 is 4.74 Å². The Hall–Kier alpha value is -0.0400. The third-order valence-electron chi connectivity index (χ3n) is 1.48. The summed E-state index contributed by atoms with van der Waals surface area (Å²) in [6.07, 6.45) is 1.86. The lowest BCUT2D eigenvalue weighted by Gasteiger charge is -2.29. The van der Waals surface area contributed by atoms with Crippen molar-refractivity contribution in [1.82, 2.24) is 0 Å². The van der Waals surface area contributed by atoms with Gasteiger partial charge in [-0.05, 0) is 12.3 Å². The normalized spacial score (nSPS) is 30.4. The number of hydrogen-bond donors (Lipinski definition) is 0. The molecule has 0 saturated carbocycles. The molecule has 1 heteroatoms. The van der Waals surface area contributed by atoms with Crippen LogP contribution in [0.5, 0.6) is 0 Å². The Labute approximate surface area is 44.7 Å². The summed E-state index contributed by atoms with van der Waals surface area (Å²) < 4.78 is 5.19. The summed E-state index contributed by atoms with van der Waals surface area (Å²) in [6.45, 7) is 5.39. The highest BCUT2D eigenvalue weighted by molar-refractivity contribution is 4.68. The van der Waals surface area contributed by atoms with Crippen molar-refractivity contribution in [2.24, 2.45) is 5.92 Å². The molecule has 1 saturated heterocycles. The van der Waals surface area contributed by atoms with Gasteiger partial charge >= 0.3 is 0 Å². The van der Waals surface area contributed by atoms with Crippen molar-refractivity contribution in [2.45, 2.75) is 26.4 Å². The van der Waals surface area contributed by atoms with Crippen molar-refractivity contribution >= 4 is 0 Å². The van der Waals surface area contributed by atoms with Crippen LogP contribution in [-0.4, -0.2) is 12.7 Å². The lowest BCUT2D eigenvalue weighted by Crippen LogP contribution is -2.31. The maximum Gasteiger partial charge on any atom is 0.0619 e. The monoisotopic (exact) mass is 100 g/mol. The van der Waals surface area contributed by atoms with Gasteiger partial charge in [0.2, 0.25) is 0 Å². The molecule has 1 fully saturated rings. The van der Waals surface area contributed by atoms with Crippen LogP contribution in [0.25, 0.3) is 0 Å². The molecule has 0 unspecified atom stereocenters. The average Bonchev–Trinajstić information content (AvgIpc) is 1.23. The second-order valence-electron chi connectivity index (χ2n) is 2.44. The second kappa shape index (κ2) is 1.83. The molecular formula is C6H12O. The molecule has 0 N–H and O–H groups in total. The molecule has 42 valence electrons. The van der Waals surface area contributed by atoms with Crippen molar-refractivity contribution in [2.75, 3.05) is 6.61 Å². The Morgan fingerprint density at radius 1 is 1.57 bits per heavy atom. The van der Waals surface area contributed by atoms with Gasteiger partial charge in [0.15, 0.2) is 0 Å². The molecule has 1 heterocycles. The van der Waals surface area contributed by atoms with Gasteiger partial charge in [0, 0.05) is 6.61 Å². The molecule has 0 aromatic heterocycles. The van der Waals surface area contributed by atoms with E-state index in [4.69, 9.17) is 4.74 Å². The van der Waals surface area contributed by atoms with Crippen LogP contribution in [0.3, 0.4) is 0 Å². The van der Waals surface area contributed by atoms with Crippen molar-refractivity contribution < 1.29 is 4.74 Å². The van der Waals surface area contributed by atoms with Crippen LogP contribution < -0.4 is 0 Å². The van der Waals surface area contributed by atoms with E-state index in [9.17, 15) is 0 Å². The van der Waals surface area contributed by atoms with Gasteiger partial charge in [-0.1, -0.05) is 13.8 Å². The third kappa shape index (κ3) is 0.942. The molecule has 0 spiro atoms. The first-order valence-electron chi connectivity index (χ1n) is 2.92. The Morgan fingerprint density at radius 3 is 2.14 bits per heavy atom. The highest BCUT2D eigenvalue weighted by Gasteiger charge is 2.20. The topological polar surface area (TPSA) is 9.23 Å². The zero-order chi connectivity index (χ0) is 5.28. The first kappa shape index (κ1) is 5.10. The van der Waals surface area contributed by atoms with Gasteiger partial charge in [-0.15, -0.1) is 0 Å². The maximum atomic E-state index is 5.19. The Morgan fingerprint density at radius 2 is 2.14 bits per heavy atom. The van der Waals surface area contributed by atoms with E-state index in [1.54, 1.807) is 0 Å². The summed E-state index contributed by atoms with van der Waals surface area (Å²) in [5.41, 5.74) is 0. The summed E-state index contributed by atoms with van der Waals surface area (Å²) >= 11 is 0. The van der Waals surface area contributed by atoms with E-state index in [2.05, 4.69) is 13.8 Å². The minimum absolute atomic E-state index is 0.583. The Kier molecular flexibility index (Phi) is 1.33. The zero-order valence-electron chi connectivity index (χ0n) is 4.98. The van der Waals surface area contributed by atoms with Crippen molar-refractivity contribution in [3.8, 4) is 0 Å². The van der Waals surface area contributed by atoms with Crippen LogP contribution >= 0.6 is 0 Å². The average molecular weight is 100 g/mol. The summed E-state index contributed by atoms with van der Waals surface area (Å²) in [7, 11) is 0. The molecule has 0 aliphatic carbocycles. The fourth-order valence-electron chi connectivity index (χ4n) is 0.780. The molecule has 1 nitrogen and oxygen atoms in total. The van der Waals surface area contributed by atoms with E-state index in [0.29, 0.717) is 6.10 Å². The number of hydrogen-bond acceptors (Lipinski definition) is 1. The summed E-state index contributed by atoms with van der Waals surface area (Å²) in [6, 6.07) is 0. The Balaban J connectivity index is 2.14. The van der Waals surface area contributed by atoms with E-state index >= 15 is 0 Å². The first-order valence-corrected chi connectivity index (χ1v) is 2.92. The molecule has 0 aromatic carbocycles. The lowest BCUT2D eigenvalue weighted by molar-refractivity contribution is -0.0763. The molecule has 0 radical (unpaired) electrons. The maximum absolute atomic E-state index is 5.19. The van der Waals surface area contributed by atoms with Crippen molar-refractivity contribution in [3.05, 3.63) is 0 Å². The quantitative estimate of drug-likeness (QED) is 0.484. The molecule has 1 rings (SSSR count). The highest BCUT2D eigenvalue weighted by Crippen LogP contribution is 2.18. The van der Waals surface area contributed by atoms with E-state index in [-0.39, 0.29) is 0 Å². The summed E-state index contributed by atoms with van der Waals surface area (Å²) in [4.78, 5) is 0. The largest absolute Gasteiger partial charge is 0.378 e. The molecular weight excluding hydrogens is 88.1 g/mol. The molecule has 1 aliphatic rings. The smallest absolute Gasteiger partial charge is 0.0619 e. The predicted molar refractivity (Wildman–Crippen MR) is 29.2 cm³/mol. The molecule has 1 atom stereocenters. The Bertz CT molecular complexity index is 55.2. The third-order valence-corrected chi connectivity index (χ3v) is 1.48. The fraction of sp³-hybridized carbons (Fsp3) is 1.00. The van der Waals surface area contributed by atoms with Gasteiger partial charge in [0.05, 0.1) is 6.10 Å². The SMILES string of the molecule is CC(C)[C@H]1CCO1. The van der Waals surface area contributed by atoms with Gasteiger partial charge in [0.1, 0.15) is 0 Å². The van der Waals surface area contributed by atoms with Gasteiger partial charge in [-0.3, -0.25) is 0 Å². The molecule has 0 bridgehead atoms. The van der Waals surface area contributed by atoms with Crippen molar-refractivity contribution in [3.63, 3.8) is 0 Å². The van der Waals surface area contributed by atoms with Gasteiger partial charge in [-0.2, -0.15) is 0 Å². The van der Waals surface area contributed by atoms with Gasteiger partial charge in [0.25, 0.3) is 0 Å². The second-order valence-corrected chi connectivity index (χ2v) is 2.44. The van der Waals surface area contributed by atoms with Crippen LogP contribution in [0.2, 0.25) is 0 Å². The molecule has 0 amide bonds. The molecule has 1 aliphatic heterocycles. The van der Waals surface area contributed by atoms with Crippen LogP contribution in [-0.2, 0) is 4.74 Å². The summed E-state index contributed by atoms with van der Waals surface area (Å²) in [5.74, 6) is 0.730. The van der Waals surface area contributed by atoms with Crippen molar-refractivity contribution in [1.29, 1.82) is 0 Å². The minimum Gasteiger partial charge on any atom is -0.378 e. The standard InChI is InChI=1S/C6H12O/c1-5(2)6-3-4-7-6/h5-6H,3-4H2,1-2H3/t6-/m1/s1. The van der Waals surface area contributed by atoms with Crippen LogP contribution in [0.1, 0.15) is 20.3 Å². The van der Waals surface area contributed by atoms with Crippen LogP contribution in [0.4, 0.5) is 0 Å². The minimum atomic E-state index is 0.583. The first-order chi connectivity index (χ1) is 3.30. The number of ether oxygens (including phenoxy) is 1. The summed E-state index contributed by atoms with van der Waals surface area (Å²) in [5, 5.41) is 0. The molecule has 0 aromatic rings. The highest BCUT2D eigenvalue weighted by atomic mass is 16.5. The lowest BCUT2D eigenvalue weighted by atomic mass is 10.0. The van der Waals surface area contributed by atoms with Crippen LogP contribution in [0, 0.1) is 5.92 Å².